The van der Waals surface area contributed by atoms with Crippen molar-refractivity contribution in [2.45, 2.75) is 26.2 Å². The number of carbonyl (C=O) groups is 1. The van der Waals surface area contributed by atoms with Crippen LogP contribution in [0.25, 0.3) is 0 Å². The van der Waals surface area contributed by atoms with E-state index in [9.17, 15) is 4.79 Å². The van der Waals surface area contributed by atoms with Gasteiger partial charge in [0.25, 0.3) is 5.24 Å². The Morgan fingerprint density at radius 2 is 2.23 bits per heavy atom. The number of benzene rings is 1. The molecular formula is C11H13ClO. The molecule has 0 N–H and O–H groups in total. The first kappa shape index (κ1) is 10.3. The average Bonchev–Trinajstić information content (AvgIpc) is 2.15. The lowest BCUT2D eigenvalue weighted by Crippen LogP contribution is -1.91. The Morgan fingerprint density at radius 1 is 1.46 bits per heavy atom. The Labute approximate surface area is 83.7 Å². The van der Waals surface area contributed by atoms with E-state index in [1.54, 1.807) is 6.07 Å². The third-order valence-electron chi connectivity index (χ3n) is 1.97. The highest BCUT2D eigenvalue weighted by atomic mass is 35.5. The van der Waals surface area contributed by atoms with E-state index in [2.05, 4.69) is 6.92 Å². The van der Waals surface area contributed by atoms with Crippen LogP contribution >= 0.6 is 11.6 Å². The standard InChI is InChI=1S/C11H13ClO/c1-2-3-5-9-6-4-7-10(8-9)11(12)13/h4,6-8H,2-3,5H2,1H3. The zero-order valence-electron chi connectivity index (χ0n) is 7.72. The van der Waals surface area contributed by atoms with E-state index in [0.29, 0.717) is 5.56 Å². The van der Waals surface area contributed by atoms with Gasteiger partial charge in [-0.2, -0.15) is 0 Å². The largest absolute Gasteiger partial charge is 0.276 e. The van der Waals surface area contributed by atoms with Gasteiger partial charge in [0.15, 0.2) is 0 Å². The van der Waals surface area contributed by atoms with E-state index in [1.807, 2.05) is 18.2 Å². The summed E-state index contributed by atoms with van der Waals surface area (Å²) in [4.78, 5) is 10.8. The van der Waals surface area contributed by atoms with E-state index >= 15 is 0 Å². The maximum absolute atomic E-state index is 10.8. The summed E-state index contributed by atoms with van der Waals surface area (Å²) in [6.07, 6.45) is 3.34. The SMILES string of the molecule is CCCCc1cccc(C(=O)Cl)c1. The highest BCUT2D eigenvalue weighted by Crippen LogP contribution is 2.10. The van der Waals surface area contributed by atoms with Crippen LogP contribution in [0.5, 0.6) is 0 Å². The molecule has 0 heterocycles. The van der Waals surface area contributed by atoms with Gasteiger partial charge in [0.05, 0.1) is 0 Å². The van der Waals surface area contributed by atoms with Gasteiger partial charge >= 0.3 is 0 Å². The molecule has 0 atom stereocenters. The quantitative estimate of drug-likeness (QED) is 0.675. The van der Waals surface area contributed by atoms with E-state index < -0.39 is 0 Å². The summed E-state index contributed by atoms with van der Waals surface area (Å²) in [6, 6.07) is 7.51. The number of hydrogen-bond acceptors (Lipinski definition) is 1. The minimum atomic E-state index is -0.377. The van der Waals surface area contributed by atoms with Crippen molar-refractivity contribution < 1.29 is 4.79 Å². The van der Waals surface area contributed by atoms with Gasteiger partial charge in [0, 0.05) is 5.56 Å². The molecule has 0 saturated heterocycles. The third kappa shape index (κ3) is 3.19. The van der Waals surface area contributed by atoms with E-state index in [4.69, 9.17) is 11.6 Å². The Morgan fingerprint density at radius 3 is 2.85 bits per heavy atom. The smallest absolute Gasteiger partial charge is 0.252 e. The number of unbranched alkanes of at least 4 members (excludes halogenated alkanes) is 1. The number of aryl methyl sites for hydroxylation is 1. The number of halogens is 1. The van der Waals surface area contributed by atoms with Crippen LogP contribution in [-0.4, -0.2) is 5.24 Å². The molecule has 1 nitrogen and oxygen atoms in total. The lowest BCUT2D eigenvalue weighted by atomic mass is 10.1. The maximum atomic E-state index is 10.8. The molecule has 0 saturated carbocycles. The Bertz CT molecular complexity index is 294. The minimum absolute atomic E-state index is 0.377. The second kappa shape index (κ2) is 5.03. The van der Waals surface area contributed by atoms with Crippen LogP contribution < -0.4 is 0 Å². The van der Waals surface area contributed by atoms with Gasteiger partial charge < -0.3 is 0 Å². The van der Waals surface area contributed by atoms with Crippen molar-refractivity contribution >= 4 is 16.8 Å². The highest BCUT2D eigenvalue weighted by Gasteiger charge is 2.01. The highest BCUT2D eigenvalue weighted by molar-refractivity contribution is 6.67. The summed E-state index contributed by atoms with van der Waals surface area (Å²) in [5.74, 6) is 0. The average molecular weight is 197 g/mol. The van der Waals surface area contributed by atoms with Crippen LogP contribution in [0.15, 0.2) is 24.3 Å². The topological polar surface area (TPSA) is 17.1 Å². The summed E-state index contributed by atoms with van der Waals surface area (Å²) in [5, 5.41) is -0.377. The van der Waals surface area contributed by atoms with Crippen LogP contribution in [0.4, 0.5) is 0 Å². The second-order valence-electron chi connectivity index (χ2n) is 3.08. The summed E-state index contributed by atoms with van der Waals surface area (Å²) in [6.45, 7) is 2.15. The molecule has 2 heteroatoms. The van der Waals surface area contributed by atoms with Crippen molar-refractivity contribution in [3.63, 3.8) is 0 Å². The molecule has 0 amide bonds. The fourth-order valence-electron chi connectivity index (χ4n) is 1.23. The fraction of sp³-hybridized carbons (Fsp3) is 0.364. The molecule has 0 aliphatic heterocycles. The molecule has 0 aromatic heterocycles. The molecule has 1 rings (SSSR count). The van der Waals surface area contributed by atoms with Gasteiger partial charge in [-0.3, -0.25) is 4.79 Å². The number of hydrogen-bond donors (Lipinski definition) is 0. The number of rotatable bonds is 4. The molecule has 13 heavy (non-hydrogen) atoms. The Hall–Kier alpha value is -0.820. The summed E-state index contributed by atoms with van der Waals surface area (Å²) < 4.78 is 0. The third-order valence-corrected chi connectivity index (χ3v) is 2.19. The predicted molar refractivity (Wildman–Crippen MR) is 55.2 cm³/mol. The minimum Gasteiger partial charge on any atom is -0.276 e. The fourth-order valence-corrected chi connectivity index (χ4v) is 1.35. The van der Waals surface area contributed by atoms with Gasteiger partial charge in [-0.25, -0.2) is 0 Å². The predicted octanol–water partition coefficient (Wildman–Crippen LogP) is 3.41. The van der Waals surface area contributed by atoms with Gasteiger partial charge in [0.1, 0.15) is 0 Å². The molecule has 0 fully saturated rings. The van der Waals surface area contributed by atoms with Crippen molar-refractivity contribution in [3.8, 4) is 0 Å². The zero-order chi connectivity index (χ0) is 9.68. The maximum Gasteiger partial charge on any atom is 0.252 e. The lowest BCUT2D eigenvalue weighted by Gasteiger charge is -2.00. The van der Waals surface area contributed by atoms with Gasteiger partial charge in [-0.15, -0.1) is 0 Å². The second-order valence-corrected chi connectivity index (χ2v) is 3.42. The monoisotopic (exact) mass is 196 g/mol. The molecule has 0 aliphatic rings. The van der Waals surface area contributed by atoms with Gasteiger partial charge in [-0.1, -0.05) is 31.5 Å². The van der Waals surface area contributed by atoms with Gasteiger partial charge in [-0.05, 0) is 36.1 Å². The molecule has 0 spiro atoms. The molecule has 70 valence electrons. The van der Waals surface area contributed by atoms with Crippen molar-refractivity contribution in [2.24, 2.45) is 0 Å². The Kier molecular flexibility index (Phi) is 3.97. The summed E-state index contributed by atoms with van der Waals surface area (Å²) in [5.41, 5.74) is 1.78. The molecule has 1 aromatic rings. The molecule has 0 unspecified atom stereocenters. The van der Waals surface area contributed by atoms with Crippen molar-refractivity contribution in [2.75, 3.05) is 0 Å². The van der Waals surface area contributed by atoms with E-state index in [0.717, 1.165) is 12.8 Å². The molecular weight excluding hydrogens is 184 g/mol. The molecule has 0 aliphatic carbocycles. The van der Waals surface area contributed by atoms with Crippen molar-refractivity contribution in [3.05, 3.63) is 35.4 Å². The van der Waals surface area contributed by atoms with Crippen molar-refractivity contribution in [1.82, 2.24) is 0 Å². The summed E-state index contributed by atoms with van der Waals surface area (Å²) in [7, 11) is 0. The molecule has 0 radical (unpaired) electrons. The zero-order valence-corrected chi connectivity index (χ0v) is 8.47. The normalized spacial score (nSPS) is 10.0. The van der Waals surface area contributed by atoms with Gasteiger partial charge in [0.2, 0.25) is 0 Å². The Balaban J connectivity index is 2.73. The van der Waals surface area contributed by atoms with Crippen LogP contribution in [0.3, 0.4) is 0 Å². The van der Waals surface area contributed by atoms with Crippen LogP contribution in [0.2, 0.25) is 0 Å². The first-order valence-corrected chi connectivity index (χ1v) is 4.90. The first-order valence-electron chi connectivity index (χ1n) is 4.53. The van der Waals surface area contributed by atoms with Crippen LogP contribution in [-0.2, 0) is 6.42 Å². The molecule has 1 aromatic carbocycles. The molecule has 0 bridgehead atoms. The summed E-state index contributed by atoms with van der Waals surface area (Å²) >= 11 is 5.37. The first-order chi connectivity index (χ1) is 6.24. The van der Waals surface area contributed by atoms with Crippen LogP contribution in [0.1, 0.15) is 35.7 Å². The number of carbonyl (C=O) groups excluding carboxylic acids is 1. The van der Waals surface area contributed by atoms with E-state index in [1.165, 1.54) is 12.0 Å². The van der Waals surface area contributed by atoms with E-state index in [-0.39, 0.29) is 5.24 Å². The van der Waals surface area contributed by atoms with Crippen LogP contribution in [0, 0.1) is 0 Å². The lowest BCUT2D eigenvalue weighted by molar-refractivity contribution is 0.108. The van der Waals surface area contributed by atoms with Crippen molar-refractivity contribution in [1.29, 1.82) is 0 Å².